The van der Waals surface area contributed by atoms with E-state index in [-0.39, 0.29) is 17.5 Å². The van der Waals surface area contributed by atoms with Crippen molar-refractivity contribution in [2.24, 2.45) is 0 Å². The van der Waals surface area contributed by atoms with Crippen LogP contribution in [-0.2, 0) is 16.3 Å². The summed E-state index contributed by atoms with van der Waals surface area (Å²) in [5.74, 6) is 0.530. The van der Waals surface area contributed by atoms with E-state index in [9.17, 15) is 8.42 Å². The van der Waals surface area contributed by atoms with E-state index < -0.39 is 9.84 Å². The number of para-hydroxylation sites is 1. The molecule has 0 saturated carbocycles. The summed E-state index contributed by atoms with van der Waals surface area (Å²) in [5.41, 5.74) is 2.45. The first kappa shape index (κ1) is 11.5. The van der Waals surface area contributed by atoms with Gasteiger partial charge in [0.25, 0.3) is 0 Å². The zero-order chi connectivity index (χ0) is 11.6. The number of anilines is 1. The molecule has 0 aromatic heterocycles. The molecule has 1 heterocycles. The Hall–Kier alpha value is -1.03. The van der Waals surface area contributed by atoms with E-state index in [0.29, 0.717) is 6.42 Å². The van der Waals surface area contributed by atoms with E-state index in [2.05, 4.69) is 11.4 Å². The molecule has 1 N–H and O–H groups in total. The van der Waals surface area contributed by atoms with Crippen LogP contribution in [0.5, 0.6) is 0 Å². The molecule has 4 heteroatoms. The quantitative estimate of drug-likeness (QED) is 0.872. The van der Waals surface area contributed by atoms with Gasteiger partial charge in [-0.15, -0.1) is 0 Å². The van der Waals surface area contributed by atoms with Gasteiger partial charge in [-0.05, 0) is 24.5 Å². The predicted molar refractivity (Wildman–Crippen MR) is 66.5 cm³/mol. The summed E-state index contributed by atoms with van der Waals surface area (Å²) >= 11 is 0. The number of sulfone groups is 1. The molecule has 88 valence electrons. The lowest BCUT2D eigenvalue weighted by Crippen LogP contribution is -2.21. The van der Waals surface area contributed by atoms with Crippen LogP contribution in [0.25, 0.3) is 0 Å². The molecule has 16 heavy (non-hydrogen) atoms. The van der Waals surface area contributed by atoms with Crippen molar-refractivity contribution in [3.05, 3.63) is 29.8 Å². The fourth-order valence-corrected chi connectivity index (χ4v) is 2.95. The van der Waals surface area contributed by atoms with E-state index in [1.165, 1.54) is 5.56 Å². The lowest BCUT2D eigenvalue weighted by Gasteiger charge is -2.10. The maximum absolute atomic E-state index is 11.4. The summed E-state index contributed by atoms with van der Waals surface area (Å²) in [6.45, 7) is 1.70. The van der Waals surface area contributed by atoms with E-state index >= 15 is 0 Å². The smallest absolute Gasteiger partial charge is 0.150 e. The molecule has 0 fully saturated rings. The van der Waals surface area contributed by atoms with Crippen LogP contribution in [0.1, 0.15) is 18.9 Å². The third-order valence-corrected chi connectivity index (χ3v) is 4.80. The molecule has 2 rings (SSSR count). The van der Waals surface area contributed by atoms with Gasteiger partial charge < -0.3 is 5.32 Å². The summed E-state index contributed by atoms with van der Waals surface area (Å²) in [5, 5.41) is 3.37. The van der Waals surface area contributed by atoms with Gasteiger partial charge in [0, 0.05) is 17.5 Å². The number of hydrogen-bond donors (Lipinski definition) is 1. The Morgan fingerprint density at radius 3 is 2.81 bits per heavy atom. The lowest BCUT2D eigenvalue weighted by molar-refractivity contribution is 0.589. The standard InChI is InChI=1S/C12H17NO2S/c1-2-16(14,15)8-7-11-9-10-5-3-4-6-12(10)13-11/h3-6,11,13H,2,7-9H2,1H3. The Morgan fingerprint density at radius 2 is 2.12 bits per heavy atom. The average Bonchev–Trinajstić information content (AvgIpc) is 2.69. The van der Waals surface area contributed by atoms with Gasteiger partial charge in [-0.3, -0.25) is 0 Å². The fraction of sp³-hybridized carbons (Fsp3) is 0.500. The Balaban J connectivity index is 1.93. The van der Waals surface area contributed by atoms with Crippen molar-refractivity contribution in [2.45, 2.75) is 25.8 Å². The van der Waals surface area contributed by atoms with Crippen LogP contribution < -0.4 is 5.32 Å². The van der Waals surface area contributed by atoms with Crippen LogP contribution >= 0.6 is 0 Å². The van der Waals surface area contributed by atoms with Crippen molar-refractivity contribution in [1.29, 1.82) is 0 Å². The van der Waals surface area contributed by atoms with Gasteiger partial charge in [-0.25, -0.2) is 8.42 Å². The fourth-order valence-electron chi connectivity index (χ4n) is 2.02. The molecular formula is C12H17NO2S. The summed E-state index contributed by atoms with van der Waals surface area (Å²) in [4.78, 5) is 0. The van der Waals surface area contributed by atoms with Gasteiger partial charge in [0.2, 0.25) is 0 Å². The molecule has 0 aliphatic carbocycles. The predicted octanol–water partition coefficient (Wildman–Crippen LogP) is 1.85. The van der Waals surface area contributed by atoms with Crippen molar-refractivity contribution in [2.75, 3.05) is 16.8 Å². The maximum Gasteiger partial charge on any atom is 0.150 e. The first-order chi connectivity index (χ1) is 7.61. The number of fused-ring (bicyclic) bond motifs is 1. The van der Waals surface area contributed by atoms with Crippen LogP contribution in [0.2, 0.25) is 0 Å². The van der Waals surface area contributed by atoms with Gasteiger partial charge in [-0.2, -0.15) is 0 Å². The highest BCUT2D eigenvalue weighted by atomic mass is 32.2. The minimum atomic E-state index is -2.83. The number of rotatable bonds is 4. The second kappa shape index (κ2) is 4.45. The molecule has 3 nitrogen and oxygen atoms in total. The van der Waals surface area contributed by atoms with Crippen molar-refractivity contribution in [3.63, 3.8) is 0 Å². The number of nitrogens with one attached hydrogen (secondary N) is 1. The first-order valence-electron chi connectivity index (χ1n) is 5.65. The summed E-state index contributed by atoms with van der Waals surface area (Å²) < 4.78 is 22.8. The summed E-state index contributed by atoms with van der Waals surface area (Å²) in [6.07, 6.45) is 1.64. The Kier molecular flexibility index (Phi) is 3.19. The van der Waals surface area contributed by atoms with Gasteiger partial charge in [0.05, 0.1) is 5.75 Å². The van der Waals surface area contributed by atoms with Gasteiger partial charge in [0.1, 0.15) is 9.84 Å². The van der Waals surface area contributed by atoms with Gasteiger partial charge in [0.15, 0.2) is 0 Å². The summed E-state index contributed by atoms with van der Waals surface area (Å²) in [7, 11) is -2.83. The monoisotopic (exact) mass is 239 g/mol. The highest BCUT2D eigenvalue weighted by Crippen LogP contribution is 2.26. The molecule has 1 atom stereocenters. The van der Waals surface area contributed by atoms with Crippen LogP contribution in [-0.4, -0.2) is 26.0 Å². The van der Waals surface area contributed by atoms with E-state index in [1.54, 1.807) is 6.92 Å². The van der Waals surface area contributed by atoms with Crippen molar-refractivity contribution in [1.82, 2.24) is 0 Å². The molecule has 0 amide bonds. The third kappa shape index (κ3) is 2.55. The largest absolute Gasteiger partial charge is 0.382 e. The van der Waals surface area contributed by atoms with Crippen LogP contribution in [0.4, 0.5) is 5.69 Å². The maximum atomic E-state index is 11.4. The molecule has 1 aliphatic heterocycles. The second-order valence-corrected chi connectivity index (χ2v) is 6.70. The molecule has 0 bridgehead atoms. The lowest BCUT2D eigenvalue weighted by atomic mass is 10.1. The average molecular weight is 239 g/mol. The SMILES string of the molecule is CCS(=O)(=O)CCC1Cc2ccccc2N1. The summed E-state index contributed by atoms with van der Waals surface area (Å²) in [6, 6.07) is 8.43. The minimum absolute atomic E-state index is 0.243. The molecule has 0 radical (unpaired) electrons. The van der Waals surface area contributed by atoms with E-state index in [4.69, 9.17) is 0 Å². The zero-order valence-corrected chi connectivity index (χ0v) is 10.3. The molecule has 1 unspecified atom stereocenters. The van der Waals surface area contributed by atoms with Crippen molar-refractivity contribution < 1.29 is 8.42 Å². The molecule has 1 aromatic carbocycles. The minimum Gasteiger partial charge on any atom is -0.382 e. The van der Waals surface area contributed by atoms with E-state index in [1.807, 2.05) is 18.2 Å². The Morgan fingerprint density at radius 1 is 1.38 bits per heavy atom. The first-order valence-corrected chi connectivity index (χ1v) is 7.48. The van der Waals surface area contributed by atoms with Crippen LogP contribution in [0, 0.1) is 0 Å². The van der Waals surface area contributed by atoms with Crippen LogP contribution in [0.3, 0.4) is 0 Å². The molecule has 0 saturated heterocycles. The zero-order valence-electron chi connectivity index (χ0n) is 9.44. The Labute approximate surface area is 96.8 Å². The Bertz CT molecular complexity index is 443. The van der Waals surface area contributed by atoms with Crippen LogP contribution in [0.15, 0.2) is 24.3 Å². The molecule has 0 spiro atoms. The second-order valence-electron chi connectivity index (χ2n) is 4.23. The van der Waals surface area contributed by atoms with Crippen molar-refractivity contribution >= 4 is 15.5 Å². The van der Waals surface area contributed by atoms with Gasteiger partial charge in [-0.1, -0.05) is 25.1 Å². The number of benzene rings is 1. The highest BCUT2D eigenvalue weighted by molar-refractivity contribution is 7.91. The van der Waals surface area contributed by atoms with Gasteiger partial charge >= 0.3 is 0 Å². The van der Waals surface area contributed by atoms with E-state index in [0.717, 1.165) is 12.1 Å². The molecular weight excluding hydrogens is 222 g/mol. The molecule has 1 aliphatic rings. The normalized spacial score (nSPS) is 19.2. The van der Waals surface area contributed by atoms with Crippen molar-refractivity contribution in [3.8, 4) is 0 Å². The topological polar surface area (TPSA) is 46.2 Å². The number of hydrogen-bond acceptors (Lipinski definition) is 3. The molecule has 1 aromatic rings. The third-order valence-electron chi connectivity index (χ3n) is 3.06. The highest BCUT2D eigenvalue weighted by Gasteiger charge is 2.21.